The van der Waals surface area contributed by atoms with Crippen LogP contribution in [0, 0.1) is 5.92 Å². The summed E-state index contributed by atoms with van der Waals surface area (Å²) in [5.41, 5.74) is 7.96. The number of anilines is 1. The average molecular weight is 430 g/mol. The number of rotatable bonds is 5. The van der Waals surface area contributed by atoms with Gasteiger partial charge in [-0.2, -0.15) is 0 Å². The van der Waals surface area contributed by atoms with Crippen LogP contribution < -0.4 is 21.1 Å². The maximum absolute atomic E-state index is 12.2. The van der Waals surface area contributed by atoms with Crippen molar-refractivity contribution in [3.63, 3.8) is 0 Å². The smallest absolute Gasteiger partial charge is 0.251 e. The quantitative estimate of drug-likeness (QED) is 0.500. The van der Waals surface area contributed by atoms with Gasteiger partial charge in [0.2, 0.25) is 5.91 Å². The molecule has 0 saturated carbocycles. The highest BCUT2D eigenvalue weighted by Gasteiger charge is 2.26. The van der Waals surface area contributed by atoms with Gasteiger partial charge in [-0.25, -0.2) is 0 Å². The van der Waals surface area contributed by atoms with Gasteiger partial charge in [0.05, 0.1) is 12.7 Å². The highest BCUT2D eigenvalue weighted by atomic mass is 32.1. The standard InChI is InChI=1S/C21H23N3O3S2/c1-12-3-9-15-16(11-12)29-20(18(15)19(22)26)24-21(28)23-17(25)10-6-13-4-7-14(27-2)8-5-13/h4-8,10,12H,3,9,11H2,1-2H3,(H2,22,26)(H2,23,24,25,28)/b10-6+. The zero-order valence-corrected chi connectivity index (χ0v) is 17.9. The van der Waals surface area contributed by atoms with Crippen LogP contribution in [0.2, 0.25) is 0 Å². The summed E-state index contributed by atoms with van der Waals surface area (Å²) in [7, 11) is 1.60. The zero-order valence-electron chi connectivity index (χ0n) is 16.3. The van der Waals surface area contributed by atoms with Gasteiger partial charge in [-0.3, -0.25) is 14.9 Å². The number of nitrogens with two attached hydrogens (primary N) is 1. The number of carbonyl (C=O) groups excluding carboxylic acids is 2. The number of primary amides is 1. The SMILES string of the molecule is COc1ccc(/C=C/C(=O)NC(=S)Nc2sc3c(c2C(N)=O)CCC(C)C3)cc1. The monoisotopic (exact) mass is 429 g/mol. The highest BCUT2D eigenvalue weighted by molar-refractivity contribution is 7.80. The van der Waals surface area contributed by atoms with Crippen molar-refractivity contribution in [2.24, 2.45) is 11.7 Å². The fraction of sp³-hybridized carbons (Fsp3) is 0.286. The number of thiocarbonyl (C=S) groups is 1. The third kappa shape index (κ3) is 5.21. The van der Waals surface area contributed by atoms with Crippen LogP contribution in [-0.4, -0.2) is 24.0 Å². The van der Waals surface area contributed by atoms with E-state index in [0.717, 1.165) is 41.0 Å². The Balaban J connectivity index is 1.65. The molecule has 152 valence electrons. The van der Waals surface area contributed by atoms with E-state index in [0.29, 0.717) is 16.5 Å². The summed E-state index contributed by atoms with van der Waals surface area (Å²) in [6.07, 6.45) is 5.85. The number of amides is 2. The summed E-state index contributed by atoms with van der Waals surface area (Å²) in [6.45, 7) is 2.19. The molecule has 2 aromatic rings. The second-order valence-corrected chi connectivity index (χ2v) is 8.48. The van der Waals surface area contributed by atoms with Crippen LogP contribution in [0.25, 0.3) is 6.08 Å². The number of thiophene rings is 1. The first-order valence-corrected chi connectivity index (χ1v) is 10.5. The van der Waals surface area contributed by atoms with Gasteiger partial charge in [-0.15, -0.1) is 11.3 Å². The molecule has 1 aliphatic carbocycles. The number of hydrogen-bond acceptors (Lipinski definition) is 5. The molecule has 1 aromatic carbocycles. The van der Waals surface area contributed by atoms with E-state index in [-0.39, 0.29) is 11.0 Å². The van der Waals surface area contributed by atoms with E-state index in [1.807, 2.05) is 24.3 Å². The van der Waals surface area contributed by atoms with Gasteiger partial charge in [0.25, 0.3) is 5.91 Å². The van der Waals surface area contributed by atoms with Gasteiger partial charge in [0.15, 0.2) is 5.11 Å². The molecule has 1 heterocycles. The molecular formula is C21H23N3O3S2. The number of ether oxygens (including phenoxy) is 1. The maximum Gasteiger partial charge on any atom is 0.251 e. The fourth-order valence-corrected chi connectivity index (χ4v) is 4.96. The Bertz CT molecular complexity index is 964. The topological polar surface area (TPSA) is 93.4 Å². The van der Waals surface area contributed by atoms with Crippen LogP contribution in [0.1, 0.15) is 39.7 Å². The van der Waals surface area contributed by atoms with Gasteiger partial charge in [-0.05, 0) is 66.7 Å². The number of hydrogen-bond donors (Lipinski definition) is 3. The van der Waals surface area contributed by atoms with E-state index in [9.17, 15) is 9.59 Å². The van der Waals surface area contributed by atoms with E-state index >= 15 is 0 Å². The summed E-state index contributed by atoms with van der Waals surface area (Å²) in [5.74, 6) is 0.474. The normalized spacial score (nSPS) is 15.6. The average Bonchev–Trinajstić information content (AvgIpc) is 3.03. The number of nitrogens with one attached hydrogen (secondary N) is 2. The van der Waals surface area contributed by atoms with Crippen LogP contribution in [0.4, 0.5) is 5.00 Å². The van der Waals surface area contributed by atoms with E-state index in [4.69, 9.17) is 22.7 Å². The van der Waals surface area contributed by atoms with Crippen molar-refractivity contribution in [2.45, 2.75) is 26.2 Å². The van der Waals surface area contributed by atoms with Crippen LogP contribution in [0.3, 0.4) is 0 Å². The molecule has 2 amide bonds. The van der Waals surface area contributed by atoms with Crippen molar-refractivity contribution < 1.29 is 14.3 Å². The molecule has 1 unspecified atom stereocenters. The Hall–Kier alpha value is -2.71. The minimum Gasteiger partial charge on any atom is -0.497 e. The third-order valence-electron chi connectivity index (χ3n) is 4.76. The Kier molecular flexibility index (Phi) is 6.66. The van der Waals surface area contributed by atoms with Crippen molar-refractivity contribution in [1.82, 2.24) is 5.32 Å². The molecule has 3 rings (SSSR count). The number of benzene rings is 1. The molecule has 1 atom stereocenters. The molecule has 0 bridgehead atoms. The van der Waals surface area contributed by atoms with Gasteiger partial charge in [0.1, 0.15) is 10.8 Å². The first kappa shape index (κ1) is 21.0. The molecule has 0 aliphatic heterocycles. The van der Waals surface area contributed by atoms with Crippen LogP contribution in [-0.2, 0) is 17.6 Å². The third-order valence-corrected chi connectivity index (χ3v) is 6.14. The number of fused-ring (bicyclic) bond motifs is 1. The molecule has 0 spiro atoms. The largest absolute Gasteiger partial charge is 0.497 e. The molecule has 0 fully saturated rings. The van der Waals surface area contributed by atoms with Gasteiger partial charge in [0, 0.05) is 11.0 Å². The van der Waals surface area contributed by atoms with Crippen LogP contribution in [0.15, 0.2) is 30.3 Å². The summed E-state index contributed by atoms with van der Waals surface area (Å²) >= 11 is 6.73. The predicted molar refractivity (Wildman–Crippen MR) is 120 cm³/mol. The summed E-state index contributed by atoms with van der Waals surface area (Å²) in [6, 6.07) is 7.31. The Morgan fingerprint density at radius 3 is 2.69 bits per heavy atom. The van der Waals surface area contributed by atoms with Crippen molar-refractivity contribution >= 4 is 51.6 Å². The lowest BCUT2D eigenvalue weighted by Crippen LogP contribution is -2.33. The second kappa shape index (κ2) is 9.19. The first-order valence-electron chi connectivity index (χ1n) is 9.25. The lowest BCUT2D eigenvalue weighted by atomic mass is 9.88. The van der Waals surface area contributed by atoms with E-state index in [1.165, 1.54) is 17.4 Å². The molecule has 0 radical (unpaired) electrons. The molecular weight excluding hydrogens is 406 g/mol. The van der Waals surface area contributed by atoms with E-state index < -0.39 is 5.91 Å². The Morgan fingerprint density at radius 1 is 1.31 bits per heavy atom. The number of carbonyl (C=O) groups is 2. The predicted octanol–water partition coefficient (Wildman–Crippen LogP) is 3.51. The molecule has 8 heteroatoms. The van der Waals surface area contributed by atoms with E-state index in [1.54, 1.807) is 13.2 Å². The van der Waals surface area contributed by atoms with Crippen molar-refractivity contribution in [2.75, 3.05) is 12.4 Å². The molecule has 4 N–H and O–H groups in total. The first-order chi connectivity index (χ1) is 13.9. The lowest BCUT2D eigenvalue weighted by molar-refractivity contribution is -0.115. The Labute approximate surface area is 179 Å². The molecule has 1 aromatic heterocycles. The van der Waals surface area contributed by atoms with Gasteiger partial charge in [-0.1, -0.05) is 19.1 Å². The lowest BCUT2D eigenvalue weighted by Gasteiger charge is -2.18. The molecule has 29 heavy (non-hydrogen) atoms. The minimum atomic E-state index is -0.479. The molecule has 6 nitrogen and oxygen atoms in total. The van der Waals surface area contributed by atoms with Gasteiger partial charge >= 0.3 is 0 Å². The summed E-state index contributed by atoms with van der Waals surface area (Å²) in [5, 5.41) is 6.30. The van der Waals surface area contributed by atoms with Crippen molar-refractivity contribution in [3.8, 4) is 5.75 Å². The van der Waals surface area contributed by atoms with Crippen LogP contribution in [0.5, 0.6) is 5.75 Å². The summed E-state index contributed by atoms with van der Waals surface area (Å²) < 4.78 is 5.11. The zero-order chi connectivity index (χ0) is 21.0. The second-order valence-electron chi connectivity index (χ2n) is 6.97. The maximum atomic E-state index is 12.2. The summed E-state index contributed by atoms with van der Waals surface area (Å²) in [4.78, 5) is 25.3. The van der Waals surface area contributed by atoms with Crippen LogP contribution >= 0.6 is 23.6 Å². The molecule has 1 aliphatic rings. The fourth-order valence-electron chi connectivity index (χ4n) is 3.27. The molecule has 0 saturated heterocycles. The van der Waals surface area contributed by atoms with Gasteiger partial charge < -0.3 is 15.8 Å². The van der Waals surface area contributed by atoms with Crippen molar-refractivity contribution in [3.05, 3.63) is 51.9 Å². The number of methoxy groups -OCH3 is 1. The van der Waals surface area contributed by atoms with Crippen molar-refractivity contribution in [1.29, 1.82) is 0 Å². The minimum absolute atomic E-state index is 0.128. The van der Waals surface area contributed by atoms with E-state index in [2.05, 4.69) is 17.6 Å². The Morgan fingerprint density at radius 2 is 2.03 bits per heavy atom. The highest BCUT2D eigenvalue weighted by Crippen LogP contribution is 2.39.